The van der Waals surface area contributed by atoms with Gasteiger partial charge in [-0.25, -0.2) is 0 Å². The highest BCUT2D eigenvalue weighted by atomic mass is 12.0. The average molecular weight is 441 g/mol. The number of hydrogen-bond acceptors (Lipinski definition) is 0. The van der Waals surface area contributed by atoms with E-state index in [1.807, 2.05) is 0 Å². The second kappa shape index (κ2) is 0. The van der Waals surface area contributed by atoms with Crippen molar-refractivity contribution >= 4 is 0 Å². The molecule has 24 heavy (non-hydrogen) atoms. The molecule has 0 aliphatic rings. The highest BCUT2D eigenvalue weighted by molar-refractivity contribution is 2.53. The molecule has 0 spiro atoms. The molecule has 212 valence electrons. The Morgan fingerprint density at radius 1 is 0.250 bits per heavy atom. The Hall–Kier alpha value is 0. The highest BCUT2D eigenvalue weighted by Crippen LogP contribution is 0.167. The summed E-state index contributed by atoms with van der Waals surface area (Å²) in [7, 11) is -0.500. The van der Waals surface area contributed by atoms with E-state index < -0.39 is 0 Å². The van der Waals surface area contributed by atoms with Gasteiger partial charge in [-0.1, -0.05) is 178 Å². The van der Waals surface area contributed by atoms with Crippen LogP contribution in [0.4, 0.5) is 0 Å². The molecule has 0 aromatic rings. The largest absolute Gasteiger partial charge is 0.0776 e. The molecule has 0 fully saturated rings. The molecule has 0 aliphatic carbocycles. The maximum Gasteiger partial charge on any atom is 0.0194 e. The smallest absolute Gasteiger partial charge is 0.0194 e. The van der Waals surface area contributed by atoms with E-state index in [4.69, 9.17) is 17.4 Å². The first-order valence-electron chi connectivity index (χ1n) is 6.83. The van der Waals surface area contributed by atoms with Gasteiger partial charge >= 0.3 is 0 Å². The third-order valence-electron chi connectivity index (χ3n) is 0. The molecule has 0 amide bonds. The zero-order valence-corrected chi connectivity index (χ0v) is 1.41. The summed E-state index contributed by atoms with van der Waals surface area (Å²) in [5, 5.41) is 0. The van der Waals surface area contributed by atoms with E-state index in [1.165, 1.54) is 0 Å². The Balaban J connectivity index is -0.000000000506. The second-order valence-corrected chi connectivity index (χ2v) is 0. The lowest BCUT2D eigenvalue weighted by atomic mass is 12.0. The topological polar surface area (TPSA) is 0 Å². The van der Waals surface area contributed by atoms with Crippen LogP contribution in [-0.4, -0.2) is 0 Å². The third-order valence-corrected chi connectivity index (χ3v) is 0. The fourth-order valence-corrected chi connectivity index (χ4v) is 0. The van der Waals surface area contributed by atoms with Crippen LogP contribution in [0.1, 0.15) is 204 Å². The van der Waals surface area contributed by atoms with Gasteiger partial charge in [-0.3, -0.25) is 0 Å². The fourth-order valence-electron chi connectivity index (χ4n) is 0. The van der Waals surface area contributed by atoms with Gasteiger partial charge in [-0.2, -0.15) is 0 Å². The van der Waals surface area contributed by atoms with E-state index in [9.17, 15) is 0 Å². The molecule has 0 atom stereocenters. The predicted molar refractivity (Wildman–Crippen MR) is 183 cm³/mol. The minimum atomic E-state index is -0.250. The van der Waals surface area contributed by atoms with Gasteiger partial charge in [0.05, 0.1) is 0 Å². The molecule has 0 heterocycles. The molecular weight excluding hydrogens is 288 g/mol. The van der Waals surface area contributed by atoms with E-state index in [2.05, 4.69) is 0 Å². The monoisotopic (exact) mass is 441 g/mol. The molecule has 0 bridgehead atoms. The van der Waals surface area contributed by atoms with Crippen molar-refractivity contribution in [3.63, 3.8) is 0 Å². The normalized spacial score (nSPS) is 3.00. The zero-order valence-electron chi connectivity index (χ0n) is 13.4. The van der Waals surface area contributed by atoms with Crippen molar-refractivity contribution in [3.05, 3.63) is 0 Å². The van der Waals surface area contributed by atoms with Crippen molar-refractivity contribution < 1.29 is 25.9 Å². The van der Waals surface area contributed by atoms with Crippen LogP contribution in [-0.2, 0) is 0 Å². The minimum Gasteiger partial charge on any atom is -0.0776 e. The number of hydrogen-bond donors (Lipinski definition) is 0. The molecule has 0 radical (unpaired) electrons. The molecule has 0 aromatic heterocycles. The lowest BCUT2D eigenvalue weighted by Gasteiger charge is -0.0786. The first-order chi connectivity index (χ1) is 6.83. The van der Waals surface area contributed by atoms with Crippen LogP contribution in [0.5, 0.6) is 0 Å². The fraction of sp³-hybridized carbons (Fsp3) is 1.00. The lowest BCUT2D eigenvalue weighted by molar-refractivity contribution is 2.50. The summed E-state index contributed by atoms with van der Waals surface area (Å²) in [6, 6.07) is 0. The van der Waals surface area contributed by atoms with Crippen LogP contribution in [0.25, 0.3) is 0 Å². The molecule has 0 rings (SSSR count). The Morgan fingerprint density at radius 3 is 0.250 bits per heavy atom. The van der Waals surface area contributed by atoms with Gasteiger partial charge in [0.1, 0.15) is 0 Å². The molecule has 0 nitrogen and oxygen atoms in total. The molecule has 0 saturated heterocycles. The van der Waals surface area contributed by atoms with Crippen LogP contribution in [0.3, 0.4) is 0 Å². The third kappa shape index (κ3) is 0. The molecule has 0 aromatic carbocycles. The molecule has 0 N–H and O–H groups in total. The first-order valence-corrected chi connectivity index (χ1v) is 0. The molecule has 0 saturated carbocycles. The van der Waals surface area contributed by atoms with Crippen molar-refractivity contribution in [1.29, 1.82) is 0 Å². The van der Waals surface area contributed by atoms with E-state index >= 15 is 0 Å². The summed E-state index contributed by atoms with van der Waals surface area (Å²) in [6.45, 7) is 0. The van der Waals surface area contributed by atoms with Crippen molar-refractivity contribution in [2.24, 2.45) is 0 Å². The maximum atomic E-state index is 5.88. The summed E-state index contributed by atoms with van der Waals surface area (Å²) in [5.74, 6) is 0. The van der Waals surface area contributed by atoms with Crippen LogP contribution in [0, 0.1) is 0 Å². The van der Waals surface area contributed by atoms with Crippen LogP contribution >= 0.6 is 0 Å². The van der Waals surface area contributed by atoms with Crippen molar-refractivity contribution in [1.82, 2.24) is 0 Å². The highest BCUT2D eigenvalue weighted by Gasteiger charge is -0.0546. The number of rotatable bonds is 0. The lowest BCUT2D eigenvalue weighted by Crippen LogP contribution is 0.143. The van der Waals surface area contributed by atoms with Crippen molar-refractivity contribution in [2.75, 3.05) is 0 Å². The van der Waals surface area contributed by atoms with Gasteiger partial charge < -0.3 is 0 Å². The van der Waals surface area contributed by atoms with Crippen LogP contribution < -0.4 is 0 Å². The minimum absolute atomic E-state index is 0. The van der Waals surface area contributed by atoms with Gasteiger partial charge in [0, 0.05) is 25.9 Å². The standard InChI is InChI=1S/24CH4.10H2/h24*1H4;10*1H/i2*1T2;;;;;;;;;;;;;;;;;;;;;;;4*1+2T;6*1+2. The zero-order chi connectivity index (χ0) is 13.4. The molecule has 0 heteroatoms. The summed E-state index contributed by atoms with van der Waals surface area (Å²) < 4.78 is 63.5. The molecule has 0 unspecified atom stereocenters. The van der Waals surface area contributed by atoms with Gasteiger partial charge in [0.15, 0.2) is 0 Å². The van der Waals surface area contributed by atoms with Crippen LogP contribution in [0.15, 0.2) is 0 Å². The summed E-state index contributed by atoms with van der Waals surface area (Å²) in [6.07, 6.45) is 0. The van der Waals surface area contributed by atoms with E-state index in [0.29, 0.717) is 0 Å². The first kappa shape index (κ1) is 198. The summed E-state index contributed by atoms with van der Waals surface area (Å²) in [4.78, 5) is 0. The molecule has 0 aliphatic heterocycles. The Kier molecular flexibility index (Phi) is 0. The quantitative estimate of drug-likeness (QED) is 0.351. The van der Waals surface area contributed by atoms with E-state index in [-0.39, 0.29) is 187 Å². The Morgan fingerprint density at radius 2 is 0.250 bits per heavy atom. The summed E-state index contributed by atoms with van der Waals surface area (Å²) in [5.41, 5.74) is 0. The van der Waals surface area contributed by atoms with Gasteiger partial charge in [-0.15, -0.1) is 0 Å². The summed E-state index contributed by atoms with van der Waals surface area (Å²) >= 11 is 0. The van der Waals surface area contributed by atoms with Crippen molar-refractivity contribution in [2.45, 2.75) is 178 Å². The molecular formula is C24H116. The van der Waals surface area contributed by atoms with E-state index in [1.54, 1.807) is 0 Å². The van der Waals surface area contributed by atoms with Crippen LogP contribution in [0.2, 0.25) is 0 Å². The van der Waals surface area contributed by atoms with Gasteiger partial charge in [-0.05, 0) is 0 Å². The second-order valence-electron chi connectivity index (χ2n) is 0. The Labute approximate surface area is 205 Å². The van der Waals surface area contributed by atoms with Crippen molar-refractivity contribution in [3.8, 4) is 0 Å². The average Bonchev–Trinajstić information content (AvgIpc) is 2.31. The van der Waals surface area contributed by atoms with Gasteiger partial charge in [0.2, 0.25) is 0 Å². The van der Waals surface area contributed by atoms with Gasteiger partial charge in [0.25, 0.3) is 0 Å². The maximum absolute atomic E-state index is 5.88. The predicted octanol–water partition coefficient (Wildman–Crippen LogP) is 17.7. The Bertz CT molecular complexity index is 43.4. The van der Waals surface area contributed by atoms with E-state index in [0.717, 1.165) is 0 Å². The SMILES string of the molecule is C.C.C.C.C.C.C.C.C.C.C.C.C.C.C.C.C.C.C.C.C.C.[3HH].[3HH].[3HH].[3HH].[3HH].[3HH].[3H]C[3H].[3H]C[3H].[3H][3H].[3H][3H].[3H][3H].[3H][3H].